The van der Waals surface area contributed by atoms with Crippen LogP contribution >= 0.6 is 0 Å². The van der Waals surface area contributed by atoms with Gasteiger partial charge in [0.05, 0.1) is 0 Å². The Kier molecular flexibility index (Phi) is 2.70. The summed E-state index contributed by atoms with van der Waals surface area (Å²) in [5.74, 6) is 0. The van der Waals surface area contributed by atoms with Crippen molar-refractivity contribution in [3.05, 3.63) is 0 Å². The first-order valence-electron chi connectivity index (χ1n) is 3.92. The van der Waals surface area contributed by atoms with E-state index < -0.39 is 6.09 Å². The summed E-state index contributed by atoms with van der Waals surface area (Å²) in [6.45, 7) is 0. The number of nitrogens with two attached hydrogens (primary N) is 2. The van der Waals surface area contributed by atoms with Gasteiger partial charge in [0, 0.05) is 6.04 Å². The number of carbonyl (C=O) groups is 1. The van der Waals surface area contributed by atoms with Crippen molar-refractivity contribution in [2.45, 2.75) is 37.8 Å². The Bertz CT molecular complexity index is 149. The lowest BCUT2D eigenvalue weighted by Gasteiger charge is -2.27. The van der Waals surface area contributed by atoms with Gasteiger partial charge in [-0.1, -0.05) is 6.42 Å². The maximum absolute atomic E-state index is 10.4. The quantitative estimate of drug-likeness (QED) is 0.578. The zero-order valence-electron chi connectivity index (χ0n) is 6.45. The van der Waals surface area contributed by atoms with E-state index >= 15 is 0 Å². The molecule has 1 rings (SSSR count). The van der Waals surface area contributed by atoms with E-state index in [1.165, 1.54) is 0 Å². The van der Waals surface area contributed by atoms with Crippen LogP contribution in [0, 0.1) is 0 Å². The molecule has 0 aromatic heterocycles. The van der Waals surface area contributed by atoms with Crippen LogP contribution in [-0.4, -0.2) is 18.2 Å². The molecule has 64 valence electrons. The fraction of sp³-hybridized carbons (Fsp3) is 0.857. The molecule has 0 heterocycles. The first kappa shape index (κ1) is 8.33. The summed E-state index contributed by atoms with van der Waals surface area (Å²) in [5, 5.41) is 0. The number of amides is 1. The molecular formula is C7H14N2O2. The van der Waals surface area contributed by atoms with Crippen molar-refractivity contribution in [2.75, 3.05) is 0 Å². The third-order valence-corrected chi connectivity index (χ3v) is 2.02. The van der Waals surface area contributed by atoms with Crippen LogP contribution in [0.15, 0.2) is 0 Å². The minimum Gasteiger partial charge on any atom is -0.445 e. The second-order valence-corrected chi connectivity index (χ2v) is 2.92. The van der Waals surface area contributed by atoms with Gasteiger partial charge in [0.2, 0.25) is 0 Å². The number of ether oxygens (including phenoxy) is 1. The summed E-state index contributed by atoms with van der Waals surface area (Å²) in [6, 6.07) is -0.0174. The van der Waals surface area contributed by atoms with Crippen LogP contribution in [0.1, 0.15) is 25.7 Å². The van der Waals surface area contributed by atoms with Gasteiger partial charge in [-0.2, -0.15) is 0 Å². The maximum Gasteiger partial charge on any atom is 0.404 e. The lowest BCUT2D eigenvalue weighted by atomic mass is 9.93. The highest BCUT2D eigenvalue weighted by atomic mass is 16.6. The Morgan fingerprint density at radius 3 is 2.55 bits per heavy atom. The van der Waals surface area contributed by atoms with Crippen LogP contribution in [0.2, 0.25) is 0 Å². The average molecular weight is 158 g/mol. The molecule has 4 N–H and O–H groups in total. The van der Waals surface area contributed by atoms with Gasteiger partial charge >= 0.3 is 6.09 Å². The molecule has 4 heteroatoms. The molecule has 1 saturated carbocycles. The molecule has 11 heavy (non-hydrogen) atoms. The zero-order valence-corrected chi connectivity index (χ0v) is 6.45. The molecule has 0 unspecified atom stereocenters. The molecular weight excluding hydrogens is 144 g/mol. The average Bonchev–Trinajstić information content (AvgIpc) is 1.93. The highest BCUT2D eigenvalue weighted by molar-refractivity contribution is 5.64. The molecule has 0 aromatic carbocycles. The largest absolute Gasteiger partial charge is 0.445 e. The van der Waals surface area contributed by atoms with Crippen LogP contribution < -0.4 is 11.5 Å². The van der Waals surface area contributed by atoms with E-state index in [0.29, 0.717) is 0 Å². The predicted octanol–water partition coefficient (Wildman–Crippen LogP) is 0.352. The monoisotopic (exact) mass is 158 g/mol. The van der Waals surface area contributed by atoms with Gasteiger partial charge in [0.1, 0.15) is 6.10 Å². The van der Waals surface area contributed by atoms with Crippen molar-refractivity contribution in [3.8, 4) is 0 Å². The normalized spacial score (nSPS) is 31.4. The predicted molar refractivity (Wildman–Crippen MR) is 40.9 cm³/mol. The Hall–Kier alpha value is -0.770. The van der Waals surface area contributed by atoms with Crippen molar-refractivity contribution >= 4 is 6.09 Å². The van der Waals surface area contributed by atoms with Crippen LogP contribution in [0.3, 0.4) is 0 Å². The highest BCUT2D eigenvalue weighted by Gasteiger charge is 2.24. The summed E-state index contributed by atoms with van der Waals surface area (Å²) in [5.41, 5.74) is 10.6. The molecule has 0 bridgehead atoms. The summed E-state index contributed by atoms with van der Waals surface area (Å²) >= 11 is 0. The molecule has 1 aliphatic rings. The Labute approximate surface area is 65.9 Å². The fourth-order valence-corrected chi connectivity index (χ4v) is 1.42. The lowest BCUT2D eigenvalue weighted by Crippen LogP contribution is -2.41. The summed E-state index contributed by atoms with van der Waals surface area (Å²) < 4.78 is 4.82. The van der Waals surface area contributed by atoms with Gasteiger partial charge in [0.15, 0.2) is 0 Å². The van der Waals surface area contributed by atoms with E-state index in [2.05, 4.69) is 0 Å². The van der Waals surface area contributed by atoms with Gasteiger partial charge in [0.25, 0.3) is 0 Å². The first-order chi connectivity index (χ1) is 5.20. The number of carbonyl (C=O) groups excluding carboxylic acids is 1. The lowest BCUT2D eigenvalue weighted by molar-refractivity contribution is 0.0695. The Morgan fingerprint density at radius 2 is 2.00 bits per heavy atom. The molecule has 0 saturated heterocycles. The Balaban J connectivity index is 2.35. The van der Waals surface area contributed by atoms with Gasteiger partial charge in [-0.3, -0.25) is 0 Å². The molecule has 0 radical (unpaired) electrons. The van der Waals surface area contributed by atoms with Crippen LogP contribution in [0.5, 0.6) is 0 Å². The van der Waals surface area contributed by atoms with Crippen molar-refractivity contribution < 1.29 is 9.53 Å². The zero-order chi connectivity index (χ0) is 8.27. The minimum atomic E-state index is -0.715. The van der Waals surface area contributed by atoms with E-state index in [-0.39, 0.29) is 12.1 Å². The van der Waals surface area contributed by atoms with E-state index in [4.69, 9.17) is 16.2 Å². The second-order valence-electron chi connectivity index (χ2n) is 2.92. The maximum atomic E-state index is 10.4. The van der Waals surface area contributed by atoms with E-state index in [1.807, 2.05) is 0 Å². The third-order valence-electron chi connectivity index (χ3n) is 2.02. The van der Waals surface area contributed by atoms with Gasteiger partial charge < -0.3 is 16.2 Å². The van der Waals surface area contributed by atoms with E-state index in [1.54, 1.807) is 0 Å². The SMILES string of the molecule is NC(=O)O[C@H]1CCCC[C@H]1N. The molecule has 0 aromatic rings. The molecule has 0 aliphatic heterocycles. The molecule has 4 nitrogen and oxygen atoms in total. The smallest absolute Gasteiger partial charge is 0.404 e. The van der Waals surface area contributed by atoms with Crippen LogP contribution in [0.4, 0.5) is 4.79 Å². The van der Waals surface area contributed by atoms with Crippen molar-refractivity contribution in [1.29, 1.82) is 0 Å². The first-order valence-corrected chi connectivity index (χ1v) is 3.92. The summed E-state index contributed by atoms with van der Waals surface area (Å²) in [4.78, 5) is 10.4. The summed E-state index contributed by atoms with van der Waals surface area (Å²) in [7, 11) is 0. The van der Waals surface area contributed by atoms with Crippen molar-refractivity contribution in [1.82, 2.24) is 0 Å². The van der Waals surface area contributed by atoms with Crippen molar-refractivity contribution in [2.24, 2.45) is 11.5 Å². The molecule has 1 fully saturated rings. The third kappa shape index (κ3) is 2.38. The van der Waals surface area contributed by atoms with Crippen LogP contribution in [-0.2, 0) is 4.74 Å². The number of hydrogen-bond donors (Lipinski definition) is 2. The molecule has 1 aliphatic carbocycles. The second kappa shape index (κ2) is 3.57. The van der Waals surface area contributed by atoms with Crippen molar-refractivity contribution in [3.63, 3.8) is 0 Å². The fourth-order valence-electron chi connectivity index (χ4n) is 1.42. The number of hydrogen-bond acceptors (Lipinski definition) is 3. The molecule has 1 amide bonds. The van der Waals surface area contributed by atoms with E-state index in [9.17, 15) is 4.79 Å². The van der Waals surface area contributed by atoms with E-state index in [0.717, 1.165) is 25.7 Å². The molecule has 0 spiro atoms. The summed E-state index contributed by atoms with van der Waals surface area (Å²) in [6.07, 6.45) is 3.11. The number of primary amides is 1. The number of rotatable bonds is 1. The van der Waals surface area contributed by atoms with Gasteiger partial charge in [-0.25, -0.2) is 4.79 Å². The minimum absolute atomic E-state index is 0.0174. The highest BCUT2D eigenvalue weighted by Crippen LogP contribution is 2.19. The van der Waals surface area contributed by atoms with Gasteiger partial charge in [-0.05, 0) is 19.3 Å². The van der Waals surface area contributed by atoms with Crippen LogP contribution in [0.25, 0.3) is 0 Å². The van der Waals surface area contributed by atoms with Gasteiger partial charge in [-0.15, -0.1) is 0 Å². The topological polar surface area (TPSA) is 78.3 Å². The standard InChI is InChI=1S/C7H14N2O2/c8-5-3-1-2-4-6(5)11-7(9)10/h5-6H,1-4,8H2,(H2,9,10)/t5-,6+/m1/s1. The Morgan fingerprint density at radius 1 is 1.36 bits per heavy atom. The molecule has 2 atom stereocenters.